The molecule has 0 saturated heterocycles. The molecule has 108 heavy (non-hydrogen) atoms. The molecule has 0 radical (unpaired) electrons. The predicted molar refractivity (Wildman–Crippen MR) is 498 cm³/mol. The van der Waals surface area contributed by atoms with Crippen molar-refractivity contribution in [3.63, 3.8) is 0 Å². The average Bonchev–Trinajstić information content (AvgIpc) is 1.54. The van der Waals surface area contributed by atoms with E-state index in [1.54, 1.807) is 0 Å². The summed E-state index contributed by atoms with van der Waals surface area (Å²) in [6.07, 6.45) is 80.4. The first-order chi connectivity index (χ1) is 53.1. The summed E-state index contributed by atoms with van der Waals surface area (Å²) >= 11 is 9.76. The molecule has 0 saturated carbocycles. The number of hydrogen-bond donors (Lipinski definition) is 0. The van der Waals surface area contributed by atoms with E-state index < -0.39 is 16.1 Å². The molecule has 0 N–H and O–H groups in total. The summed E-state index contributed by atoms with van der Waals surface area (Å²) in [5.41, 5.74) is 3.53. The van der Waals surface area contributed by atoms with Crippen LogP contribution in [0.3, 0.4) is 0 Å². The minimum absolute atomic E-state index is 0.211. The lowest BCUT2D eigenvalue weighted by Crippen LogP contribution is -2.43. The molecule has 1 unspecified atom stereocenters. The Labute approximate surface area is 686 Å². The van der Waals surface area contributed by atoms with Crippen LogP contribution in [-0.2, 0) is 5.75 Å². The van der Waals surface area contributed by atoms with Gasteiger partial charge in [0.25, 0.3) is 0 Å². The number of carbonyl (C=O) groups excluding carboxylic acids is 2. The first-order valence-electron chi connectivity index (χ1n) is 46.2. The molecule has 10 heteroatoms. The number of thiophene rings is 5. The Hall–Kier alpha value is -2.55. The fourth-order valence-electron chi connectivity index (χ4n) is 18.6. The molecule has 8 heterocycles. The molecular weight excluding hydrogens is 1460 g/mol. The number of fused-ring (bicyclic) bond motifs is 4. The Bertz CT molecular complexity index is 3630. The number of rotatable bonds is 65. The van der Waals surface area contributed by atoms with Gasteiger partial charge in [0, 0.05) is 60.4 Å². The maximum atomic E-state index is 16.6. The van der Waals surface area contributed by atoms with Crippen molar-refractivity contribution in [3.05, 3.63) is 106 Å². The number of aryl methyl sites for hydroxylation is 1. The lowest BCUT2D eigenvalue weighted by Gasteiger charge is -2.29. The average molecular weight is 1610 g/mol. The molecule has 0 spiro atoms. The van der Waals surface area contributed by atoms with Crippen LogP contribution in [-0.4, -0.2) is 32.3 Å². The van der Waals surface area contributed by atoms with Crippen molar-refractivity contribution in [2.45, 2.75) is 435 Å². The molecule has 6 aromatic rings. The Morgan fingerprint density at radius 1 is 0.333 bits per heavy atom. The molecule has 1 aromatic carbocycles. The summed E-state index contributed by atoms with van der Waals surface area (Å²) in [5.74, 6) is 1.15. The molecule has 0 amide bonds. The quantitative estimate of drug-likeness (QED) is 0.0217. The van der Waals surface area contributed by atoms with Crippen molar-refractivity contribution in [2.24, 2.45) is 0 Å². The van der Waals surface area contributed by atoms with Gasteiger partial charge in [0.05, 0.1) is 4.21 Å². The summed E-state index contributed by atoms with van der Waals surface area (Å²) in [5, 5.41) is 8.83. The molecule has 0 bridgehead atoms. The van der Waals surface area contributed by atoms with Crippen molar-refractivity contribution < 1.29 is 9.59 Å². The van der Waals surface area contributed by atoms with E-state index in [0.29, 0.717) is 10.8 Å². The van der Waals surface area contributed by atoms with E-state index in [1.165, 1.54) is 421 Å². The minimum atomic E-state index is -2.83. The second-order valence-corrected chi connectivity index (χ2v) is 50.5. The first-order valence-corrected chi connectivity index (χ1v) is 56.5. The van der Waals surface area contributed by atoms with E-state index in [0.717, 1.165) is 53.9 Å². The third-order valence-corrected chi connectivity index (χ3v) is 44.1. The van der Waals surface area contributed by atoms with Crippen LogP contribution in [0.5, 0.6) is 0 Å². The fourth-order valence-corrected chi connectivity index (χ4v) is 37.6. The van der Waals surface area contributed by atoms with Crippen molar-refractivity contribution >= 4 is 131 Å². The normalized spacial score (nSPS) is 15.2. The van der Waals surface area contributed by atoms with Crippen LogP contribution in [0, 0.1) is 6.92 Å². The molecule has 3 aliphatic heterocycles. The van der Waals surface area contributed by atoms with Crippen LogP contribution in [0.4, 0.5) is 0 Å². The number of hydrogen-bond acceptors (Lipinski definition) is 7. The number of unbranched alkanes of at least 4 members (excludes halogenated alkanes) is 52. The Morgan fingerprint density at radius 2 is 0.685 bits per heavy atom. The largest absolute Gasteiger partial charge is 0.300 e. The van der Waals surface area contributed by atoms with Gasteiger partial charge in [0.1, 0.15) is 10.8 Å². The third kappa shape index (κ3) is 28.1. The number of carbonyl (C=O) groups is 2. The van der Waals surface area contributed by atoms with E-state index in [-0.39, 0.29) is 10.5 Å². The molecule has 9 rings (SSSR count). The topological polar surface area (TPSA) is 34.1 Å². The van der Waals surface area contributed by atoms with Gasteiger partial charge in [-0.25, -0.2) is 0 Å². The predicted octanol–water partition coefficient (Wildman–Crippen LogP) is 34.0. The highest BCUT2D eigenvalue weighted by Crippen LogP contribution is 2.48. The van der Waals surface area contributed by atoms with Crippen molar-refractivity contribution in [2.75, 3.05) is 0 Å². The van der Waals surface area contributed by atoms with Crippen LogP contribution in [0.2, 0.25) is 24.2 Å². The zero-order valence-corrected chi connectivity index (χ0v) is 76.7. The maximum absolute atomic E-state index is 16.6. The molecule has 3 aliphatic rings. The van der Waals surface area contributed by atoms with Gasteiger partial charge in [-0.15, -0.1) is 67.2 Å². The Balaban J connectivity index is 0.951. The fraction of sp³-hybridized carbons (Fsp3) is 0.684. The lowest BCUT2D eigenvalue weighted by molar-refractivity contribution is 0.105. The van der Waals surface area contributed by atoms with Gasteiger partial charge in [-0.2, -0.15) is 0 Å². The molecule has 5 aromatic heterocycles. The Morgan fingerprint density at radius 3 is 1.07 bits per heavy atom. The van der Waals surface area contributed by atoms with Crippen LogP contribution >= 0.6 is 67.2 Å². The van der Waals surface area contributed by atoms with Crippen molar-refractivity contribution in [3.8, 4) is 9.75 Å². The Kier molecular flexibility index (Phi) is 42.6. The zero-order valence-electron chi connectivity index (χ0n) is 69.8. The third-order valence-electron chi connectivity index (χ3n) is 25.3. The smallest absolute Gasteiger partial charge is 0.172 e. The van der Waals surface area contributed by atoms with Gasteiger partial charge < -0.3 is 0 Å². The van der Waals surface area contributed by atoms with Gasteiger partial charge in [0.15, 0.2) is 16.1 Å². The van der Waals surface area contributed by atoms with Gasteiger partial charge in [-0.1, -0.05) is 392 Å². The van der Waals surface area contributed by atoms with Gasteiger partial charge >= 0.3 is 0 Å². The summed E-state index contributed by atoms with van der Waals surface area (Å²) in [7, 11) is -5.19. The van der Waals surface area contributed by atoms with E-state index in [2.05, 4.69) is 114 Å². The summed E-state index contributed by atoms with van der Waals surface area (Å²) in [6, 6.07) is 25.9. The lowest BCUT2D eigenvalue weighted by atomic mass is 10.0. The molecular formula is C98H152O2S6Si2. The SMILES string of the molecule is CCCCCCCCCCCCCCCC[Si]1(CCCCCCCCCCCCCCCC)C(=O)c2cc3c(cc2=C1C)C(=O)[Si](CCCCCCCCCCCCCCCC)(CCCCCCCCCCCCCCCC)C=3c1ccc(-c2cc3sc(/C=C/c4cc5c(s4)C=S(c4ccc(C)s4)C5)cc3s2)s1. The molecule has 0 aliphatic carbocycles. The van der Waals surface area contributed by atoms with Crippen LogP contribution in [0.1, 0.15) is 445 Å². The maximum Gasteiger partial charge on any atom is 0.172 e. The summed E-state index contributed by atoms with van der Waals surface area (Å²) < 4.78 is 4.26. The second-order valence-electron chi connectivity index (χ2n) is 34.2. The van der Waals surface area contributed by atoms with E-state index in [9.17, 15) is 0 Å². The van der Waals surface area contributed by atoms with E-state index >= 15 is 9.59 Å². The van der Waals surface area contributed by atoms with Crippen LogP contribution < -0.4 is 10.4 Å². The van der Waals surface area contributed by atoms with E-state index in [4.69, 9.17) is 0 Å². The summed E-state index contributed by atoms with van der Waals surface area (Å²) in [4.78, 5) is 42.4. The van der Waals surface area contributed by atoms with Gasteiger partial charge in [-0.3, -0.25) is 9.59 Å². The first kappa shape index (κ1) is 89.4. The molecule has 600 valence electrons. The van der Waals surface area contributed by atoms with Crippen LogP contribution in [0.15, 0.2) is 58.8 Å². The number of benzene rings is 1. The molecule has 1 atom stereocenters. The second kappa shape index (κ2) is 51.4. The highest BCUT2D eigenvalue weighted by atomic mass is 32.2. The van der Waals surface area contributed by atoms with Crippen LogP contribution in [0.25, 0.3) is 41.7 Å². The minimum Gasteiger partial charge on any atom is -0.300 e. The van der Waals surface area contributed by atoms with E-state index in [1.807, 2.05) is 56.7 Å². The molecule has 2 nitrogen and oxygen atoms in total. The summed E-state index contributed by atoms with van der Waals surface area (Å²) in [6.45, 7) is 13.9. The van der Waals surface area contributed by atoms with Gasteiger partial charge in [-0.05, 0) is 131 Å². The van der Waals surface area contributed by atoms with Crippen molar-refractivity contribution in [1.82, 2.24) is 0 Å². The van der Waals surface area contributed by atoms with Gasteiger partial charge in [0.2, 0.25) is 0 Å². The highest BCUT2D eigenvalue weighted by molar-refractivity contribution is 8.16. The zero-order chi connectivity index (χ0) is 75.7. The molecule has 0 fully saturated rings. The standard InChI is InChI=1S/C98H152O2S6Si2/c1-7-11-15-19-23-27-31-35-39-43-47-51-55-59-69-107(70-60-56-52-48-44-40-36-32-28-24-20-16-12-8-2)81(6)85-75-88-86(76-87(85)97(107)99)96(90-67-66-89(104-90)92-77-93-91(105-92)74-84(102-93)65-64-83-73-82-78-106(79-94(82)103-83)95-68-63-80(5)101-95)108(98(88)100,71-61-57-53-49-45-41-37-33-29-25-21-17-13-9-3)72-62-58-54-50-46-42-38-34-30-26-22-18-14-10-4/h63-68,73-77,79H,7-62,69-72,78H2,1-6H3/b65-64+. The highest BCUT2D eigenvalue weighted by Gasteiger charge is 2.52. The monoisotopic (exact) mass is 1610 g/mol. The van der Waals surface area contributed by atoms with Crippen molar-refractivity contribution in [1.29, 1.82) is 0 Å².